The molecule has 1 unspecified atom stereocenters. The molecule has 1 rings (SSSR count). The zero-order valence-electron chi connectivity index (χ0n) is 15.5. The van der Waals surface area contributed by atoms with Crippen LogP contribution < -0.4 is 4.90 Å². The molecule has 5 heteroatoms. The van der Waals surface area contributed by atoms with Gasteiger partial charge in [0.25, 0.3) is 0 Å². The standard InChI is InChI=1S/C19H32N2O3/c1-5-11-19(6-2,20(3)4)18(24)16-7-9-17(10-8-16)21(12-14-22)13-15-23/h7-10,22-23H,5-6,11-15H2,1-4H3. The van der Waals surface area contributed by atoms with E-state index in [1.807, 2.05) is 48.2 Å². The molecule has 1 atom stereocenters. The molecule has 0 aliphatic rings. The van der Waals surface area contributed by atoms with Gasteiger partial charge in [-0.25, -0.2) is 0 Å². The maximum atomic E-state index is 13.1. The average Bonchev–Trinajstić information content (AvgIpc) is 2.59. The van der Waals surface area contributed by atoms with Crippen LogP contribution in [-0.2, 0) is 0 Å². The number of carbonyl (C=O) groups is 1. The Bertz CT molecular complexity index is 496. The highest BCUT2D eigenvalue weighted by molar-refractivity contribution is 6.03. The Morgan fingerprint density at radius 3 is 1.96 bits per heavy atom. The summed E-state index contributed by atoms with van der Waals surface area (Å²) in [6.45, 7) is 5.13. The molecule has 0 saturated carbocycles. The molecule has 0 amide bonds. The van der Waals surface area contributed by atoms with Crippen LogP contribution in [-0.4, -0.2) is 66.8 Å². The fraction of sp³-hybridized carbons (Fsp3) is 0.632. The fourth-order valence-corrected chi connectivity index (χ4v) is 3.31. The lowest BCUT2D eigenvalue weighted by Crippen LogP contribution is -2.50. The summed E-state index contributed by atoms with van der Waals surface area (Å²) in [7, 11) is 3.94. The van der Waals surface area contributed by atoms with Crippen LogP contribution in [0.4, 0.5) is 5.69 Å². The normalized spacial score (nSPS) is 13.8. The molecule has 2 N–H and O–H groups in total. The first-order valence-corrected chi connectivity index (χ1v) is 8.75. The van der Waals surface area contributed by atoms with E-state index in [0.29, 0.717) is 18.7 Å². The molecule has 0 aliphatic heterocycles. The van der Waals surface area contributed by atoms with E-state index in [1.54, 1.807) is 0 Å². The largest absolute Gasteiger partial charge is 0.395 e. The van der Waals surface area contributed by atoms with Gasteiger partial charge in [0.05, 0.1) is 18.8 Å². The van der Waals surface area contributed by atoms with E-state index in [9.17, 15) is 4.79 Å². The number of hydrogen-bond donors (Lipinski definition) is 2. The van der Waals surface area contributed by atoms with Crippen molar-refractivity contribution < 1.29 is 15.0 Å². The van der Waals surface area contributed by atoms with E-state index in [1.165, 1.54) is 0 Å². The van der Waals surface area contributed by atoms with Gasteiger partial charge in [0.2, 0.25) is 0 Å². The maximum Gasteiger partial charge on any atom is 0.183 e. The van der Waals surface area contributed by atoms with Crippen molar-refractivity contribution in [2.75, 3.05) is 45.3 Å². The summed E-state index contributed by atoms with van der Waals surface area (Å²) in [5.74, 6) is 0.152. The third-order valence-electron chi connectivity index (χ3n) is 4.76. The molecular formula is C19H32N2O3. The monoisotopic (exact) mass is 336 g/mol. The van der Waals surface area contributed by atoms with Gasteiger partial charge in [0, 0.05) is 24.3 Å². The number of aliphatic hydroxyl groups excluding tert-OH is 2. The number of benzene rings is 1. The lowest BCUT2D eigenvalue weighted by molar-refractivity contribution is 0.0640. The van der Waals surface area contributed by atoms with Crippen molar-refractivity contribution in [1.82, 2.24) is 4.90 Å². The Kier molecular flexibility index (Phi) is 8.39. The Hall–Kier alpha value is -1.43. The SMILES string of the molecule is CCCC(CC)(C(=O)c1ccc(N(CCO)CCO)cc1)N(C)C. The molecule has 0 bridgehead atoms. The number of hydrogen-bond acceptors (Lipinski definition) is 5. The lowest BCUT2D eigenvalue weighted by atomic mass is 9.81. The topological polar surface area (TPSA) is 64.0 Å². The summed E-state index contributed by atoms with van der Waals surface area (Å²) < 4.78 is 0. The van der Waals surface area contributed by atoms with Gasteiger partial charge in [0.15, 0.2) is 5.78 Å². The molecule has 1 aromatic carbocycles. The molecule has 0 saturated heterocycles. The van der Waals surface area contributed by atoms with Crippen molar-refractivity contribution in [3.05, 3.63) is 29.8 Å². The van der Waals surface area contributed by atoms with Gasteiger partial charge in [0.1, 0.15) is 0 Å². The summed E-state index contributed by atoms with van der Waals surface area (Å²) in [6, 6.07) is 7.48. The van der Waals surface area contributed by atoms with Crippen LogP contribution in [0.5, 0.6) is 0 Å². The molecule has 0 radical (unpaired) electrons. The Morgan fingerprint density at radius 1 is 1.04 bits per heavy atom. The molecule has 0 aromatic heterocycles. The van der Waals surface area contributed by atoms with Crippen molar-refractivity contribution in [3.8, 4) is 0 Å². The predicted octanol–water partition coefficient (Wildman–Crippen LogP) is 2.17. The fourth-order valence-electron chi connectivity index (χ4n) is 3.31. The number of likely N-dealkylation sites (N-methyl/N-ethyl adjacent to an activating group) is 1. The van der Waals surface area contributed by atoms with Gasteiger partial charge in [-0.3, -0.25) is 9.69 Å². The van der Waals surface area contributed by atoms with Gasteiger partial charge < -0.3 is 15.1 Å². The second-order valence-electron chi connectivity index (χ2n) is 6.34. The number of ketones is 1. The minimum absolute atomic E-state index is 0.0246. The second kappa shape index (κ2) is 9.77. The molecule has 24 heavy (non-hydrogen) atoms. The number of aliphatic hydroxyl groups is 2. The van der Waals surface area contributed by atoms with Gasteiger partial charge in [-0.15, -0.1) is 0 Å². The first-order chi connectivity index (χ1) is 11.5. The highest BCUT2D eigenvalue weighted by Crippen LogP contribution is 2.29. The number of anilines is 1. The predicted molar refractivity (Wildman–Crippen MR) is 98.8 cm³/mol. The zero-order chi connectivity index (χ0) is 18.2. The van der Waals surface area contributed by atoms with Crippen molar-refractivity contribution in [2.24, 2.45) is 0 Å². The highest BCUT2D eigenvalue weighted by atomic mass is 16.3. The van der Waals surface area contributed by atoms with E-state index in [2.05, 4.69) is 13.8 Å². The quantitative estimate of drug-likeness (QED) is 0.606. The summed E-state index contributed by atoms with van der Waals surface area (Å²) in [5.41, 5.74) is 1.14. The number of Topliss-reactive ketones (excluding diaryl/α,β-unsaturated/α-hetero) is 1. The van der Waals surface area contributed by atoms with Crippen LogP contribution in [0.25, 0.3) is 0 Å². The Balaban J connectivity index is 3.07. The van der Waals surface area contributed by atoms with E-state index < -0.39 is 5.54 Å². The molecule has 136 valence electrons. The highest BCUT2D eigenvalue weighted by Gasteiger charge is 2.38. The molecule has 1 aromatic rings. The van der Waals surface area contributed by atoms with Crippen molar-refractivity contribution in [2.45, 2.75) is 38.6 Å². The van der Waals surface area contributed by atoms with Crippen LogP contribution in [0.3, 0.4) is 0 Å². The van der Waals surface area contributed by atoms with E-state index in [0.717, 1.165) is 24.9 Å². The van der Waals surface area contributed by atoms with Gasteiger partial charge in [-0.1, -0.05) is 20.3 Å². The molecule has 0 spiro atoms. The average molecular weight is 336 g/mol. The molecule has 0 heterocycles. The summed E-state index contributed by atoms with van der Waals surface area (Å²) in [6.07, 6.45) is 2.56. The molecule has 5 nitrogen and oxygen atoms in total. The smallest absolute Gasteiger partial charge is 0.183 e. The van der Waals surface area contributed by atoms with Crippen LogP contribution >= 0.6 is 0 Å². The van der Waals surface area contributed by atoms with Gasteiger partial charge in [-0.2, -0.15) is 0 Å². The maximum absolute atomic E-state index is 13.1. The van der Waals surface area contributed by atoms with Crippen molar-refractivity contribution in [1.29, 1.82) is 0 Å². The van der Waals surface area contributed by atoms with E-state index in [-0.39, 0.29) is 19.0 Å². The number of rotatable bonds is 11. The number of carbonyl (C=O) groups excluding carboxylic acids is 1. The first-order valence-electron chi connectivity index (χ1n) is 8.75. The van der Waals surface area contributed by atoms with Crippen LogP contribution in [0.1, 0.15) is 43.5 Å². The van der Waals surface area contributed by atoms with Crippen molar-refractivity contribution in [3.63, 3.8) is 0 Å². The molecular weight excluding hydrogens is 304 g/mol. The molecule has 0 fully saturated rings. The third kappa shape index (κ3) is 4.56. The lowest BCUT2D eigenvalue weighted by Gasteiger charge is -2.38. The molecule has 0 aliphatic carbocycles. The minimum Gasteiger partial charge on any atom is -0.395 e. The summed E-state index contributed by atoms with van der Waals surface area (Å²) >= 11 is 0. The number of nitrogens with zero attached hydrogens (tertiary/aromatic N) is 2. The van der Waals surface area contributed by atoms with E-state index >= 15 is 0 Å². The van der Waals surface area contributed by atoms with Gasteiger partial charge in [-0.05, 0) is 51.2 Å². The van der Waals surface area contributed by atoms with Gasteiger partial charge >= 0.3 is 0 Å². The first kappa shape index (κ1) is 20.6. The second-order valence-corrected chi connectivity index (χ2v) is 6.34. The summed E-state index contributed by atoms with van der Waals surface area (Å²) in [5, 5.41) is 18.3. The van der Waals surface area contributed by atoms with Crippen LogP contribution in [0.15, 0.2) is 24.3 Å². The Labute approximate surface area is 145 Å². The Morgan fingerprint density at radius 2 is 1.58 bits per heavy atom. The van der Waals surface area contributed by atoms with E-state index in [4.69, 9.17) is 10.2 Å². The zero-order valence-corrected chi connectivity index (χ0v) is 15.5. The third-order valence-corrected chi connectivity index (χ3v) is 4.76. The van der Waals surface area contributed by atoms with Crippen LogP contribution in [0.2, 0.25) is 0 Å². The minimum atomic E-state index is -0.466. The van der Waals surface area contributed by atoms with Crippen LogP contribution in [0, 0.1) is 0 Å². The summed E-state index contributed by atoms with van der Waals surface area (Å²) in [4.78, 5) is 17.1. The van der Waals surface area contributed by atoms with Crippen molar-refractivity contribution >= 4 is 11.5 Å².